The number of carbonyl (C=O) groups excluding carboxylic acids is 2. The molecule has 1 aromatic carbocycles. The average Bonchev–Trinajstić information content (AvgIpc) is 2.87. The standard InChI is InChI=1S/C15H20BrN3O2.ClH/c1-9-2-4-11(16)7-13(9)19-14(20)8-18-15(21)10-3-5-12(17)6-10;/h2,4,7,10,12H,3,5-6,8,17H2,1H3,(H,18,21)(H,19,20);1H. The molecule has 2 unspecified atom stereocenters. The fraction of sp³-hybridized carbons (Fsp3) is 0.467. The van der Waals surface area contributed by atoms with Crippen LogP contribution in [-0.2, 0) is 9.59 Å². The quantitative estimate of drug-likeness (QED) is 0.738. The summed E-state index contributed by atoms with van der Waals surface area (Å²) in [7, 11) is 0. The van der Waals surface area contributed by atoms with E-state index in [-0.39, 0.29) is 42.7 Å². The van der Waals surface area contributed by atoms with Crippen LogP contribution in [0.2, 0.25) is 0 Å². The molecule has 5 nitrogen and oxygen atoms in total. The summed E-state index contributed by atoms with van der Waals surface area (Å²) in [6.07, 6.45) is 2.39. The summed E-state index contributed by atoms with van der Waals surface area (Å²) in [6, 6.07) is 5.78. The molecule has 0 radical (unpaired) electrons. The highest BCUT2D eigenvalue weighted by Crippen LogP contribution is 2.24. The predicted molar refractivity (Wildman–Crippen MR) is 93.1 cm³/mol. The zero-order valence-corrected chi connectivity index (χ0v) is 14.8. The molecule has 1 aliphatic rings. The Balaban J connectivity index is 0.00000242. The Hall–Kier alpha value is -1.11. The van der Waals surface area contributed by atoms with Crippen LogP contribution in [0.15, 0.2) is 22.7 Å². The number of hydrogen-bond donors (Lipinski definition) is 3. The largest absolute Gasteiger partial charge is 0.347 e. The van der Waals surface area contributed by atoms with Gasteiger partial charge < -0.3 is 16.4 Å². The minimum absolute atomic E-state index is 0. The van der Waals surface area contributed by atoms with Crippen molar-refractivity contribution in [3.05, 3.63) is 28.2 Å². The van der Waals surface area contributed by atoms with Crippen LogP contribution in [0.1, 0.15) is 24.8 Å². The van der Waals surface area contributed by atoms with Crippen molar-refractivity contribution in [1.29, 1.82) is 0 Å². The lowest BCUT2D eigenvalue weighted by molar-refractivity contribution is -0.127. The van der Waals surface area contributed by atoms with Crippen molar-refractivity contribution in [1.82, 2.24) is 5.32 Å². The van der Waals surface area contributed by atoms with Gasteiger partial charge in [-0.15, -0.1) is 12.4 Å². The molecule has 2 amide bonds. The fourth-order valence-corrected chi connectivity index (χ4v) is 2.85. The van der Waals surface area contributed by atoms with Gasteiger partial charge in [0.15, 0.2) is 0 Å². The van der Waals surface area contributed by atoms with Crippen molar-refractivity contribution in [2.45, 2.75) is 32.2 Å². The summed E-state index contributed by atoms with van der Waals surface area (Å²) in [5, 5.41) is 5.48. The fourth-order valence-electron chi connectivity index (χ4n) is 2.49. The topological polar surface area (TPSA) is 84.2 Å². The maximum atomic E-state index is 11.9. The van der Waals surface area contributed by atoms with Crippen molar-refractivity contribution < 1.29 is 9.59 Å². The Morgan fingerprint density at radius 1 is 1.36 bits per heavy atom. The first-order chi connectivity index (χ1) is 9.95. The van der Waals surface area contributed by atoms with Crippen molar-refractivity contribution in [2.75, 3.05) is 11.9 Å². The van der Waals surface area contributed by atoms with Crippen LogP contribution < -0.4 is 16.4 Å². The molecule has 0 heterocycles. The highest BCUT2D eigenvalue weighted by Gasteiger charge is 2.27. The van der Waals surface area contributed by atoms with Gasteiger partial charge in [-0.3, -0.25) is 9.59 Å². The van der Waals surface area contributed by atoms with Crippen LogP contribution >= 0.6 is 28.3 Å². The van der Waals surface area contributed by atoms with Crippen LogP contribution in [0.4, 0.5) is 5.69 Å². The monoisotopic (exact) mass is 389 g/mol. The van der Waals surface area contributed by atoms with Crippen molar-refractivity contribution >= 4 is 45.8 Å². The van der Waals surface area contributed by atoms with Gasteiger partial charge in [0.25, 0.3) is 0 Å². The number of amides is 2. The van der Waals surface area contributed by atoms with Gasteiger partial charge >= 0.3 is 0 Å². The van der Waals surface area contributed by atoms with Gasteiger partial charge in [-0.05, 0) is 43.9 Å². The van der Waals surface area contributed by atoms with Gasteiger partial charge in [0.05, 0.1) is 6.54 Å². The Labute approximate surface area is 144 Å². The molecule has 122 valence electrons. The smallest absolute Gasteiger partial charge is 0.243 e. The lowest BCUT2D eigenvalue weighted by Crippen LogP contribution is -2.36. The molecule has 0 aromatic heterocycles. The van der Waals surface area contributed by atoms with Crippen LogP contribution in [0.25, 0.3) is 0 Å². The molecule has 0 aliphatic heterocycles. The molecule has 22 heavy (non-hydrogen) atoms. The second-order valence-electron chi connectivity index (χ2n) is 5.50. The van der Waals surface area contributed by atoms with E-state index in [0.717, 1.165) is 28.6 Å². The van der Waals surface area contributed by atoms with E-state index in [1.54, 1.807) is 0 Å². The Kier molecular flexibility index (Phi) is 7.32. The molecule has 1 aliphatic carbocycles. The third-order valence-corrected chi connectivity index (χ3v) is 4.23. The lowest BCUT2D eigenvalue weighted by atomic mass is 10.1. The molecule has 2 rings (SSSR count). The molecule has 0 spiro atoms. The lowest BCUT2D eigenvalue weighted by Gasteiger charge is -2.12. The second-order valence-corrected chi connectivity index (χ2v) is 6.41. The van der Waals surface area contributed by atoms with Crippen LogP contribution in [0.5, 0.6) is 0 Å². The first-order valence-corrected chi connectivity index (χ1v) is 7.84. The van der Waals surface area contributed by atoms with Gasteiger partial charge in [0.1, 0.15) is 0 Å². The van der Waals surface area contributed by atoms with E-state index in [1.165, 1.54) is 0 Å². The summed E-state index contributed by atoms with van der Waals surface area (Å²) in [4.78, 5) is 23.8. The second kappa shape index (κ2) is 8.50. The summed E-state index contributed by atoms with van der Waals surface area (Å²) >= 11 is 3.37. The maximum Gasteiger partial charge on any atom is 0.243 e. The number of anilines is 1. The van der Waals surface area contributed by atoms with Gasteiger partial charge in [0, 0.05) is 22.1 Å². The van der Waals surface area contributed by atoms with E-state index < -0.39 is 0 Å². The van der Waals surface area contributed by atoms with Gasteiger partial charge in [-0.25, -0.2) is 0 Å². The zero-order chi connectivity index (χ0) is 15.4. The molecule has 0 bridgehead atoms. The van der Waals surface area contributed by atoms with E-state index in [2.05, 4.69) is 26.6 Å². The van der Waals surface area contributed by atoms with Crippen LogP contribution in [0.3, 0.4) is 0 Å². The number of aryl methyl sites for hydroxylation is 1. The molecule has 0 saturated heterocycles. The number of rotatable bonds is 4. The Morgan fingerprint density at radius 3 is 2.73 bits per heavy atom. The van der Waals surface area contributed by atoms with E-state index in [4.69, 9.17) is 5.73 Å². The zero-order valence-electron chi connectivity index (χ0n) is 12.4. The molecular weight excluding hydrogens is 370 g/mol. The molecule has 7 heteroatoms. The average molecular weight is 391 g/mol. The van der Waals surface area contributed by atoms with Gasteiger partial charge in [0.2, 0.25) is 11.8 Å². The summed E-state index contributed by atoms with van der Waals surface area (Å²) in [6.45, 7) is 1.90. The maximum absolute atomic E-state index is 11.9. The summed E-state index contributed by atoms with van der Waals surface area (Å²) < 4.78 is 0.896. The SMILES string of the molecule is Cc1ccc(Br)cc1NC(=O)CNC(=O)C1CCC(N)C1.Cl. The normalized spacial score (nSPS) is 20.1. The van der Waals surface area contributed by atoms with Gasteiger partial charge in [-0.1, -0.05) is 22.0 Å². The molecule has 1 aromatic rings. The number of benzene rings is 1. The summed E-state index contributed by atoms with van der Waals surface area (Å²) in [5.74, 6) is -0.365. The predicted octanol–water partition coefficient (Wildman–Crippen LogP) is 2.36. The van der Waals surface area contributed by atoms with Crippen LogP contribution in [-0.4, -0.2) is 24.4 Å². The Morgan fingerprint density at radius 2 is 2.09 bits per heavy atom. The number of carbonyl (C=O) groups is 2. The number of halogens is 2. The molecule has 4 N–H and O–H groups in total. The van der Waals surface area contributed by atoms with Gasteiger partial charge in [-0.2, -0.15) is 0 Å². The van der Waals surface area contributed by atoms with E-state index in [1.807, 2.05) is 25.1 Å². The van der Waals surface area contributed by atoms with Crippen LogP contribution in [0, 0.1) is 12.8 Å². The highest BCUT2D eigenvalue weighted by molar-refractivity contribution is 9.10. The third kappa shape index (κ3) is 5.26. The highest BCUT2D eigenvalue weighted by atomic mass is 79.9. The minimum atomic E-state index is -0.230. The number of nitrogens with one attached hydrogen (secondary N) is 2. The molecular formula is C15H21BrClN3O2. The minimum Gasteiger partial charge on any atom is -0.347 e. The summed E-state index contributed by atoms with van der Waals surface area (Å²) in [5.41, 5.74) is 7.50. The van der Waals surface area contributed by atoms with Crippen molar-refractivity contribution in [3.8, 4) is 0 Å². The number of hydrogen-bond acceptors (Lipinski definition) is 3. The first kappa shape index (κ1) is 18.9. The van der Waals surface area contributed by atoms with Crippen molar-refractivity contribution in [3.63, 3.8) is 0 Å². The molecule has 1 saturated carbocycles. The molecule has 2 atom stereocenters. The van der Waals surface area contributed by atoms with E-state index >= 15 is 0 Å². The van der Waals surface area contributed by atoms with E-state index in [9.17, 15) is 9.59 Å². The van der Waals surface area contributed by atoms with E-state index in [0.29, 0.717) is 6.42 Å². The molecule has 1 fully saturated rings. The third-order valence-electron chi connectivity index (χ3n) is 3.74. The Bertz CT molecular complexity index is 554. The number of nitrogens with two attached hydrogens (primary N) is 1. The van der Waals surface area contributed by atoms with Crippen molar-refractivity contribution in [2.24, 2.45) is 11.7 Å². The first-order valence-electron chi connectivity index (χ1n) is 7.05.